The lowest BCUT2D eigenvalue weighted by atomic mass is 9.99. The first-order chi connectivity index (χ1) is 15.5. The van der Waals surface area contributed by atoms with Gasteiger partial charge in [0, 0.05) is 0 Å². The van der Waals surface area contributed by atoms with E-state index in [1.54, 1.807) is 0 Å². The van der Waals surface area contributed by atoms with Crippen molar-refractivity contribution in [3.63, 3.8) is 0 Å². The molecule has 0 aliphatic rings. The van der Waals surface area contributed by atoms with Gasteiger partial charge in [-0.3, -0.25) is 4.79 Å². The zero-order chi connectivity index (χ0) is 24.0. The van der Waals surface area contributed by atoms with Crippen LogP contribution in [0.3, 0.4) is 0 Å². The second-order valence-corrected chi connectivity index (χ2v) is 9.40. The van der Waals surface area contributed by atoms with Crippen LogP contribution in [0.25, 0.3) is 0 Å². The highest BCUT2D eigenvalue weighted by Crippen LogP contribution is 2.15. The Balaban J connectivity index is 3.89. The first-order valence-corrected chi connectivity index (χ1v) is 13.4. The highest BCUT2D eigenvalue weighted by atomic mass is 16.3. The van der Waals surface area contributed by atoms with E-state index in [9.17, 15) is 25.2 Å². The molecule has 0 radical (unpaired) electrons. The van der Waals surface area contributed by atoms with Crippen LogP contribution in [-0.2, 0) is 4.79 Å². The highest BCUT2D eigenvalue weighted by Gasteiger charge is 2.28. The molecule has 0 saturated carbocycles. The van der Waals surface area contributed by atoms with Gasteiger partial charge in [-0.15, -0.1) is 0 Å². The number of nitrogens with one attached hydrogen (secondary N) is 1. The summed E-state index contributed by atoms with van der Waals surface area (Å²) >= 11 is 0. The second kappa shape index (κ2) is 22.1. The summed E-state index contributed by atoms with van der Waals surface area (Å²) in [5.41, 5.74) is 0. The Kier molecular flexibility index (Phi) is 21.6. The molecule has 0 heterocycles. The molecule has 4 atom stereocenters. The van der Waals surface area contributed by atoms with Gasteiger partial charge < -0.3 is 25.7 Å². The minimum atomic E-state index is -1.25. The molecule has 0 rings (SSSR count). The largest absolute Gasteiger partial charge is 0.394 e. The molecular formula is C26H53NO5. The van der Waals surface area contributed by atoms with Gasteiger partial charge in [-0.2, -0.15) is 0 Å². The Bertz CT molecular complexity index is 421. The summed E-state index contributed by atoms with van der Waals surface area (Å²) in [6.07, 6.45) is 16.0. The zero-order valence-electron chi connectivity index (χ0n) is 20.9. The maximum absolute atomic E-state index is 12.1. The van der Waals surface area contributed by atoms with E-state index < -0.39 is 36.9 Å². The molecular weight excluding hydrogens is 406 g/mol. The quantitative estimate of drug-likeness (QED) is 0.143. The number of hydrogen-bond donors (Lipinski definition) is 5. The van der Waals surface area contributed by atoms with Crippen LogP contribution in [0.15, 0.2) is 0 Å². The minimum absolute atomic E-state index is 0.363. The smallest absolute Gasteiger partial charge is 0.249 e. The Morgan fingerprint density at radius 2 is 1.06 bits per heavy atom. The number of carbonyl (C=O) groups excluding carboxylic acids is 1. The van der Waals surface area contributed by atoms with Gasteiger partial charge in [0.15, 0.2) is 0 Å². The van der Waals surface area contributed by atoms with Gasteiger partial charge in [0.25, 0.3) is 0 Å². The van der Waals surface area contributed by atoms with Crippen LogP contribution in [0, 0.1) is 0 Å². The highest BCUT2D eigenvalue weighted by molar-refractivity contribution is 5.80. The van der Waals surface area contributed by atoms with Crippen LogP contribution in [-0.4, -0.2) is 57.3 Å². The molecule has 0 fully saturated rings. The average molecular weight is 460 g/mol. The van der Waals surface area contributed by atoms with E-state index in [0.717, 1.165) is 44.9 Å². The molecule has 0 bridgehead atoms. The van der Waals surface area contributed by atoms with Crippen molar-refractivity contribution in [1.29, 1.82) is 0 Å². The maximum atomic E-state index is 12.1. The second-order valence-electron chi connectivity index (χ2n) is 9.40. The maximum Gasteiger partial charge on any atom is 0.249 e. The SMILES string of the molecule is CCCCCCCCCCCCCC[C@@H](O)[C@@H](O)[C@@H](CO)NC(=O)C(O)CCCCCC. The Hall–Kier alpha value is -0.690. The van der Waals surface area contributed by atoms with Gasteiger partial charge in [-0.05, 0) is 12.8 Å². The first-order valence-electron chi connectivity index (χ1n) is 13.4. The van der Waals surface area contributed by atoms with Crippen LogP contribution in [0.2, 0.25) is 0 Å². The summed E-state index contributed by atoms with van der Waals surface area (Å²) in [6.45, 7) is 3.86. The Morgan fingerprint density at radius 1 is 0.656 bits per heavy atom. The van der Waals surface area contributed by atoms with E-state index in [1.165, 1.54) is 57.8 Å². The van der Waals surface area contributed by atoms with Crippen molar-refractivity contribution in [3.05, 3.63) is 0 Å². The van der Waals surface area contributed by atoms with Crippen LogP contribution in [0.4, 0.5) is 0 Å². The predicted molar refractivity (Wildman–Crippen MR) is 131 cm³/mol. The monoisotopic (exact) mass is 459 g/mol. The molecule has 0 aliphatic carbocycles. The van der Waals surface area contributed by atoms with Crippen molar-refractivity contribution >= 4 is 5.91 Å². The molecule has 32 heavy (non-hydrogen) atoms. The fraction of sp³-hybridized carbons (Fsp3) is 0.962. The number of amides is 1. The summed E-state index contributed by atoms with van der Waals surface area (Å²) in [6, 6.07) is -0.972. The van der Waals surface area contributed by atoms with Crippen molar-refractivity contribution < 1.29 is 25.2 Å². The van der Waals surface area contributed by atoms with Gasteiger partial charge >= 0.3 is 0 Å². The van der Waals surface area contributed by atoms with Crippen molar-refractivity contribution in [2.75, 3.05) is 6.61 Å². The molecule has 192 valence electrons. The molecule has 5 N–H and O–H groups in total. The number of aliphatic hydroxyl groups is 4. The number of carbonyl (C=O) groups is 1. The van der Waals surface area contributed by atoms with Gasteiger partial charge in [-0.25, -0.2) is 0 Å². The standard InChI is InChI=1S/C26H53NO5/c1-3-5-7-9-10-11-12-13-14-15-16-18-19-23(29)25(31)22(21-28)27-26(32)24(30)20-17-8-6-4-2/h22-25,28-31H,3-21H2,1-2H3,(H,27,32)/t22-,23-,24?,25+/m1/s1. The molecule has 6 nitrogen and oxygen atoms in total. The van der Waals surface area contributed by atoms with E-state index in [4.69, 9.17) is 0 Å². The van der Waals surface area contributed by atoms with Crippen molar-refractivity contribution in [2.24, 2.45) is 0 Å². The number of hydrogen-bond acceptors (Lipinski definition) is 5. The fourth-order valence-corrected chi connectivity index (χ4v) is 4.05. The third-order valence-corrected chi connectivity index (χ3v) is 6.32. The minimum Gasteiger partial charge on any atom is -0.394 e. The summed E-state index contributed by atoms with van der Waals surface area (Å²) in [7, 11) is 0. The lowest BCUT2D eigenvalue weighted by Gasteiger charge is -2.27. The summed E-state index contributed by atoms with van der Waals surface area (Å²) in [4.78, 5) is 12.1. The average Bonchev–Trinajstić information content (AvgIpc) is 2.80. The molecule has 1 amide bonds. The molecule has 0 aromatic rings. The third kappa shape index (κ3) is 16.9. The molecule has 0 aromatic heterocycles. The van der Waals surface area contributed by atoms with Crippen LogP contribution in [0.1, 0.15) is 129 Å². The van der Waals surface area contributed by atoms with Gasteiger partial charge in [0.2, 0.25) is 5.91 Å². The topological polar surface area (TPSA) is 110 Å². The van der Waals surface area contributed by atoms with Crippen LogP contribution >= 0.6 is 0 Å². The lowest BCUT2D eigenvalue weighted by Crippen LogP contribution is -2.53. The van der Waals surface area contributed by atoms with Crippen molar-refractivity contribution in [2.45, 2.75) is 154 Å². The van der Waals surface area contributed by atoms with E-state index in [-0.39, 0.29) is 0 Å². The van der Waals surface area contributed by atoms with Crippen molar-refractivity contribution in [1.82, 2.24) is 5.32 Å². The molecule has 0 aliphatic heterocycles. The lowest BCUT2D eigenvalue weighted by molar-refractivity contribution is -0.132. The predicted octanol–water partition coefficient (Wildman–Crippen LogP) is 4.61. The fourth-order valence-electron chi connectivity index (χ4n) is 4.05. The van der Waals surface area contributed by atoms with Crippen LogP contribution in [0.5, 0.6) is 0 Å². The zero-order valence-corrected chi connectivity index (χ0v) is 20.9. The van der Waals surface area contributed by atoms with Gasteiger partial charge in [0.1, 0.15) is 12.2 Å². The molecule has 0 saturated heterocycles. The summed E-state index contributed by atoms with van der Waals surface area (Å²) in [5, 5.41) is 42.6. The van der Waals surface area contributed by atoms with Gasteiger partial charge in [0.05, 0.1) is 18.8 Å². The van der Waals surface area contributed by atoms with Crippen LogP contribution < -0.4 is 5.32 Å². The summed E-state index contributed by atoms with van der Waals surface area (Å²) in [5.74, 6) is -0.600. The Morgan fingerprint density at radius 3 is 1.53 bits per heavy atom. The Labute approximate surface area is 197 Å². The normalized spacial score (nSPS) is 15.3. The van der Waals surface area contributed by atoms with Crippen molar-refractivity contribution in [3.8, 4) is 0 Å². The number of unbranched alkanes of at least 4 members (excludes halogenated alkanes) is 14. The van der Waals surface area contributed by atoms with Gasteiger partial charge in [-0.1, -0.05) is 117 Å². The van der Waals surface area contributed by atoms with E-state index in [1.807, 2.05) is 0 Å². The van der Waals surface area contributed by atoms with E-state index >= 15 is 0 Å². The molecule has 1 unspecified atom stereocenters. The first kappa shape index (κ1) is 31.3. The molecule has 0 aromatic carbocycles. The number of rotatable bonds is 23. The summed E-state index contributed by atoms with van der Waals surface area (Å²) < 4.78 is 0. The molecule has 0 spiro atoms. The van der Waals surface area contributed by atoms with E-state index in [2.05, 4.69) is 19.2 Å². The third-order valence-electron chi connectivity index (χ3n) is 6.32. The number of aliphatic hydroxyl groups excluding tert-OH is 4. The molecule has 6 heteroatoms. The van der Waals surface area contributed by atoms with E-state index in [0.29, 0.717) is 12.8 Å².